The van der Waals surface area contributed by atoms with Crippen molar-refractivity contribution < 1.29 is 19.4 Å². The van der Waals surface area contributed by atoms with Crippen molar-refractivity contribution in [1.29, 1.82) is 0 Å². The van der Waals surface area contributed by atoms with Crippen molar-refractivity contribution in [2.75, 3.05) is 18.4 Å². The number of carbonyl (C=O) groups is 2. The molecule has 3 saturated carbocycles. The molecule has 4 aliphatic carbocycles. The summed E-state index contributed by atoms with van der Waals surface area (Å²) in [4.78, 5) is 46.2. The molecule has 2 amide bonds. The second-order valence-electron chi connectivity index (χ2n) is 17.9. The predicted octanol–water partition coefficient (Wildman–Crippen LogP) is 9.51. The van der Waals surface area contributed by atoms with Crippen LogP contribution in [0.5, 0.6) is 0 Å². The first-order chi connectivity index (χ1) is 25.2. The number of unbranched alkanes of at least 4 members (excludes halogenated alkanes) is 2. The number of fused-ring (bicyclic) bond motifs is 5. The number of nitro benzene ring substituents is 2. The van der Waals surface area contributed by atoms with Crippen LogP contribution in [-0.2, 0) is 9.59 Å². The minimum atomic E-state index is -0.662. The Hall–Kier alpha value is -3.50. The summed E-state index contributed by atoms with van der Waals surface area (Å²) in [6.45, 7) is 13.2. The largest absolute Gasteiger partial charge is 0.379 e. The fourth-order valence-electron chi connectivity index (χ4n) is 11.3. The normalized spacial score (nSPS) is 29.6. The lowest BCUT2D eigenvalue weighted by atomic mass is 9.47. The highest BCUT2D eigenvalue weighted by Crippen LogP contribution is 2.67. The maximum absolute atomic E-state index is 12.9. The number of nitrogens with zero attached hydrogens (tertiary/aromatic N) is 2. The van der Waals surface area contributed by atoms with Crippen LogP contribution in [0.4, 0.5) is 17.1 Å². The molecule has 0 spiro atoms. The SMILES string of the molecule is CC(C)CCC[C@@H](C)[C@H]1CC[C@H]2[C@@H]3CC=C4C[C@@H](NC(=O)CCNC(=O)CCCCCNc5ccc([N+](=O)[O-])cc5[N+](=O)[O-])CC[C@]4(C)[C@H]3CC[C@]12C. The fourth-order valence-corrected chi connectivity index (χ4v) is 11.3. The third-order valence-corrected chi connectivity index (χ3v) is 14.1. The van der Waals surface area contributed by atoms with Gasteiger partial charge in [0.2, 0.25) is 11.8 Å². The minimum Gasteiger partial charge on any atom is -0.379 e. The second-order valence-corrected chi connectivity index (χ2v) is 17.9. The molecule has 0 aromatic heterocycles. The van der Waals surface area contributed by atoms with Gasteiger partial charge in [0.15, 0.2) is 0 Å². The molecule has 1 aromatic carbocycles. The van der Waals surface area contributed by atoms with Crippen LogP contribution in [0.1, 0.15) is 137 Å². The molecule has 0 aliphatic heterocycles. The first-order valence-corrected chi connectivity index (χ1v) is 20.6. The van der Waals surface area contributed by atoms with Gasteiger partial charge in [-0.25, -0.2) is 0 Å². The lowest BCUT2D eigenvalue weighted by molar-refractivity contribution is -0.393. The number of anilines is 1. The summed E-state index contributed by atoms with van der Waals surface area (Å²) in [6, 6.07) is 3.69. The van der Waals surface area contributed by atoms with Gasteiger partial charge >= 0.3 is 0 Å². The summed E-state index contributed by atoms with van der Waals surface area (Å²) in [7, 11) is 0. The summed E-state index contributed by atoms with van der Waals surface area (Å²) in [5.41, 5.74) is 1.88. The fraction of sp³-hybridized carbons (Fsp3) is 0.762. The van der Waals surface area contributed by atoms with Crippen molar-refractivity contribution in [3.63, 3.8) is 0 Å². The van der Waals surface area contributed by atoms with Crippen LogP contribution in [0.15, 0.2) is 29.8 Å². The van der Waals surface area contributed by atoms with Crippen molar-refractivity contribution in [3.8, 4) is 0 Å². The van der Waals surface area contributed by atoms with Crippen LogP contribution < -0.4 is 16.0 Å². The van der Waals surface area contributed by atoms with Crippen LogP contribution in [-0.4, -0.2) is 40.8 Å². The first-order valence-electron chi connectivity index (χ1n) is 20.6. The molecule has 0 heterocycles. The maximum atomic E-state index is 12.9. The smallest absolute Gasteiger partial charge is 0.299 e. The molecule has 0 radical (unpaired) electrons. The maximum Gasteiger partial charge on any atom is 0.299 e. The van der Waals surface area contributed by atoms with Gasteiger partial charge in [-0.3, -0.25) is 29.8 Å². The molecule has 1 aromatic rings. The highest BCUT2D eigenvalue weighted by Gasteiger charge is 2.59. The standard InChI is InChI=1S/C42H65N5O6/c1-28(2)10-9-11-29(3)34-16-17-35-33-15-13-30-26-31(19-22-41(30,4)36(33)20-23-42(34,35)5)45-40(49)21-25-44-39(48)12-7-6-8-24-43-37-18-14-32(46(50)51)27-38(37)47(52)53/h13-14,18,27-29,31,33-36,43H,6-12,15-17,19-26H2,1-5H3,(H,44,48)(H,45,49)/t29-,31+,33+,34-,35+,36+,41+,42-/m1/s1. The van der Waals surface area contributed by atoms with Gasteiger partial charge < -0.3 is 16.0 Å². The molecule has 4 aliphatic rings. The van der Waals surface area contributed by atoms with E-state index in [0.29, 0.717) is 37.8 Å². The number of hydrogen-bond donors (Lipinski definition) is 3. The van der Waals surface area contributed by atoms with E-state index in [4.69, 9.17) is 0 Å². The molecule has 5 rings (SSSR count). The lowest BCUT2D eigenvalue weighted by Gasteiger charge is -2.58. The van der Waals surface area contributed by atoms with E-state index in [1.54, 1.807) is 5.57 Å². The van der Waals surface area contributed by atoms with Crippen LogP contribution in [0.25, 0.3) is 0 Å². The van der Waals surface area contributed by atoms with Gasteiger partial charge in [0.25, 0.3) is 11.4 Å². The molecule has 3 N–H and O–H groups in total. The van der Waals surface area contributed by atoms with Crippen molar-refractivity contribution in [2.45, 2.75) is 143 Å². The van der Waals surface area contributed by atoms with Crippen molar-refractivity contribution in [1.82, 2.24) is 10.6 Å². The third-order valence-electron chi connectivity index (χ3n) is 14.1. The lowest BCUT2D eigenvalue weighted by Crippen LogP contribution is -2.52. The minimum absolute atomic E-state index is 0.00690. The number of benzene rings is 1. The second kappa shape index (κ2) is 17.8. The molecule has 294 valence electrons. The first kappa shape index (κ1) is 40.7. The van der Waals surface area contributed by atoms with E-state index >= 15 is 0 Å². The molecule has 8 atom stereocenters. The Balaban J connectivity index is 0.990. The summed E-state index contributed by atoms with van der Waals surface area (Å²) in [5, 5.41) is 31.4. The van der Waals surface area contributed by atoms with Gasteiger partial charge in [-0.2, -0.15) is 0 Å². The van der Waals surface area contributed by atoms with Crippen LogP contribution in [0.2, 0.25) is 0 Å². The average molecular weight is 736 g/mol. The molecule has 0 saturated heterocycles. The molecule has 11 heteroatoms. The molecule has 11 nitrogen and oxygen atoms in total. The molecule has 0 bridgehead atoms. The van der Waals surface area contributed by atoms with E-state index in [1.165, 1.54) is 63.5 Å². The van der Waals surface area contributed by atoms with Crippen LogP contribution >= 0.6 is 0 Å². The van der Waals surface area contributed by atoms with Crippen LogP contribution in [0, 0.1) is 66.6 Å². The van der Waals surface area contributed by atoms with Gasteiger partial charge in [-0.1, -0.05) is 72.0 Å². The van der Waals surface area contributed by atoms with E-state index in [2.05, 4.69) is 56.6 Å². The van der Waals surface area contributed by atoms with Crippen molar-refractivity contribution in [2.24, 2.45) is 46.3 Å². The van der Waals surface area contributed by atoms with E-state index in [1.807, 2.05) is 0 Å². The highest BCUT2D eigenvalue weighted by atomic mass is 16.6. The Bertz CT molecular complexity index is 1510. The summed E-state index contributed by atoms with van der Waals surface area (Å²) >= 11 is 0. The molecular weight excluding hydrogens is 670 g/mol. The zero-order valence-corrected chi connectivity index (χ0v) is 32.9. The number of rotatable bonds is 18. The Labute approximate surface area is 316 Å². The quantitative estimate of drug-likeness (QED) is 0.0587. The molecule has 53 heavy (non-hydrogen) atoms. The third kappa shape index (κ3) is 9.60. The Morgan fingerprint density at radius 3 is 2.40 bits per heavy atom. The number of nitrogens with one attached hydrogen (secondary N) is 3. The van der Waals surface area contributed by atoms with Crippen LogP contribution in [0.3, 0.4) is 0 Å². The van der Waals surface area contributed by atoms with Gasteiger partial charge in [-0.15, -0.1) is 0 Å². The Kier molecular flexibility index (Phi) is 13.6. The number of carbonyl (C=O) groups excluding carboxylic acids is 2. The van der Waals surface area contributed by atoms with Gasteiger partial charge in [0, 0.05) is 38.0 Å². The summed E-state index contributed by atoms with van der Waals surface area (Å²) in [6.07, 6.45) is 19.2. The van der Waals surface area contributed by atoms with Gasteiger partial charge in [0.05, 0.1) is 15.9 Å². The highest BCUT2D eigenvalue weighted by molar-refractivity contribution is 5.79. The topological polar surface area (TPSA) is 157 Å². The number of hydrogen-bond acceptors (Lipinski definition) is 7. The molecule has 3 fully saturated rings. The van der Waals surface area contributed by atoms with E-state index in [9.17, 15) is 29.8 Å². The zero-order chi connectivity index (χ0) is 38.3. The monoisotopic (exact) mass is 735 g/mol. The van der Waals surface area contributed by atoms with E-state index in [0.717, 1.165) is 67.3 Å². The Morgan fingerprint density at radius 2 is 1.66 bits per heavy atom. The predicted molar refractivity (Wildman–Crippen MR) is 209 cm³/mol. The number of nitro groups is 2. The summed E-state index contributed by atoms with van der Waals surface area (Å²) in [5.74, 6) is 4.80. The van der Waals surface area contributed by atoms with E-state index < -0.39 is 9.85 Å². The van der Waals surface area contributed by atoms with Crippen molar-refractivity contribution in [3.05, 3.63) is 50.1 Å². The number of non-ortho nitro benzene ring substituents is 1. The number of allylic oxidation sites excluding steroid dienone is 1. The van der Waals surface area contributed by atoms with Crippen molar-refractivity contribution >= 4 is 28.9 Å². The molecule has 0 unspecified atom stereocenters. The zero-order valence-electron chi connectivity index (χ0n) is 32.9. The summed E-state index contributed by atoms with van der Waals surface area (Å²) < 4.78 is 0. The van der Waals surface area contributed by atoms with E-state index in [-0.39, 0.29) is 46.8 Å². The van der Waals surface area contributed by atoms with Gasteiger partial charge in [-0.05, 0) is 117 Å². The van der Waals surface area contributed by atoms with Gasteiger partial charge in [0.1, 0.15) is 5.69 Å². The molecular formula is C42H65N5O6. The Morgan fingerprint density at radius 1 is 0.868 bits per heavy atom. The average Bonchev–Trinajstić information content (AvgIpc) is 3.47. The number of amides is 2.